The van der Waals surface area contributed by atoms with Gasteiger partial charge in [0.25, 0.3) is 0 Å². The number of rotatable bonds is 4. The minimum atomic E-state index is 0.285. The number of aryl methyl sites for hydroxylation is 1. The molecule has 0 saturated heterocycles. The molecule has 2 rings (SSSR count). The Kier molecular flexibility index (Phi) is 4.11. The average molecular weight is 234 g/mol. The summed E-state index contributed by atoms with van der Waals surface area (Å²) in [5.74, 6) is 1.91. The standard InChI is InChI=1S/C14H22N2O/c1-3-11(4-2)14-15-8-12-7-10(9-17)5-6-13(12)16-14/h8,10-11,17H,3-7,9H2,1-2H3. The number of hydrogen-bond donors (Lipinski definition) is 1. The van der Waals surface area contributed by atoms with Crippen molar-refractivity contribution in [1.82, 2.24) is 9.97 Å². The van der Waals surface area contributed by atoms with E-state index < -0.39 is 0 Å². The van der Waals surface area contributed by atoms with Crippen molar-refractivity contribution in [3.05, 3.63) is 23.3 Å². The molecule has 0 amide bonds. The molecule has 0 saturated carbocycles. The highest BCUT2D eigenvalue weighted by Crippen LogP contribution is 2.26. The molecule has 0 radical (unpaired) electrons. The third kappa shape index (κ3) is 2.65. The maximum absolute atomic E-state index is 9.19. The van der Waals surface area contributed by atoms with Crippen LogP contribution < -0.4 is 0 Å². The summed E-state index contributed by atoms with van der Waals surface area (Å²) < 4.78 is 0. The molecule has 1 unspecified atom stereocenters. The first-order valence-electron chi connectivity index (χ1n) is 6.74. The molecule has 1 aromatic heterocycles. The molecule has 1 N–H and O–H groups in total. The maximum atomic E-state index is 9.19. The summed E-state index contributed by atoms with van der Waals surface area (Å²) in [6.45, 7) is 4.67. The highest BCUT2D eigenvalue weighted by molar-refractivity contribution is 5.22. The Hall–Kier alpha value is -0.960. The molecule has 0 aliphatic heterocycles. The van der Waals surface area contributed by atoms with Gasteiger partial charge in [-0.3, -0.25) is 0 Å². The fraction of sp³-hybridized carbons (Fsp3) is 0.714. The molecule has 1 aromatic rings. The van der Waals surface area contributed by atoms with Gasteiger partial charge in [-0.15, -0.1) is 0 Å². The van der Waals surface area contributed by atoms with E-state index in [1.54, 1.807) is 0 Å². The normalized spacial score (nSPS) is 19.4. The zero-order chi connectivity index (χ0) is 12.3. The number of aliphatic hydroxyl groups excluding tert-OH is 1. The minimum Gasteiger partial charge on any atom is -0.396 e. The van der Waals surface area contributed by atoms with E-state index in [-0.39, 0.29) is 6.61 Å². The van der Waals surface area contributed by atoms with Crippen molar-refractivity contribution in [1.29, 1.82) is 0 Å². The van der Waals surface area contributed by atoms with Crippen LogP contribution in [0.25, 0.3) is 0 Å². The summed E-state index contributed by atoms with van der Waals surface area (Å²) in [5, 5.41) is 9.19. The average Bonchev–Trinajstić information content (AvgIpc) is 2.39. The highest BCUT2D eigenvalue weighted by atomic mass is 16.3. The van der Waals surface area contributed by atoms with E-state index in [1.165, 1.54) is 11.3 Å². The Morgan fingerprint density at radius 3 is 2.82 bits per heavy atom. The number of aliphatic hydroxyl groups is 1. The van der Waals surface area contributed by atoms with Crippen molar-refractivity contribution in [2.24, 2.45) is 5.92 Å². The quantitative estimate of drug-likeness (QED) is 0.870. The first-order valence-corrected chi connectivity index (χ1v) is 6.74. The molecule has 3 heteroatoms. The zero-order valence-corrected chi connectivity index (χ0v) is 10.8. The topological polar surface area (TPSA) is 46.0 Å². The van der Waals surface area contributed by atoms with E-state index in [4.69, 9.17) is 4.98 Å². The van der Waals surface area contributed by atoms with Crippen LogP contribution in [0, 0.1) is 5.92 Å². The molecule has 0 spiro atoms. The van der Waals surface area contributed by atoms with E-state index in [9.17, 15) is 5.11 Å². The van der Waals surface area contributed by atoms with Crippen molar-refractivity contribution in [2.45, 2.75) is 51.9 Å². The van der Waals surface area contributed by atoms with Gasteiger partial charge in [0.15, 0.2) is 0 Å². The smallest absolute Gasteiger partial charge is 0.131 e. The van der Waals surface area contributed by atoms with Gasteiger partial charge < -0.3 is 5.11 Å². The van der Waals surface area contributed by atoms with Crippen LogP contribution in [0.15, 0.2) is 6.20 Å². The van der Waals surface area contributed by atoms with Crippen molar-refractivity contribution in [3.8, 4) is 0 Å². The molecular formula is C14H22N2O. The number of aromatic nitrogens is 2. The van der Waals surface area contributed by atoms with E-state index >= 15 is 0 Å². The monoisotopic (exact) mass is 234 g/mol. The largest absolute Gasteiger partial charge is 0.396 e. The first-order chi connectivity index (χ1) is 8.28. The summed E-state index contributed by atoms with van der Waals surface area (Å²) in [4.78, 5) is 9.24. The van der Waals surface area contributed by atoms with Gasteiger partial charge in [0, 0.05) is 24.4 Å². The summed E-state index contributed by atoms with van der Waals surface area (Å²) in [6.07, 6.45) is 7.19. The second-order valence-corrected chi connectivity index (χ2v) is 5.00. The van der Waals surface area contributed by atoms with Crippen LogP contribution in [0.5, 0.6) is 0 Å². The predicted molar refractivity (Wildman–Crippen MR) is 68.0 cm³/mol. The van der Waals surface area contributed by atoms with Gasteiger partial charge in [0.2, 0.25) is 0 Å². The maximum Gasteiger partial charge on any atom is 0.131 e. The van der Waals surface area contributed by atoms with Crippen molar-refractivity contribution >= 4 is 0 Å². The predicted octanol–water partition coefficient (Wildman–Crippen LogP) is 2.48. The molecule has 0 bridgehead atoms. The molecule has 0 aromatic carbocycles. The Morgan fingerprint density at radius 1 is 1.41 bits per heavy atom. The van der Waals surface area contributed by atoms with Crippen LogP contribution >= 0.6 is 0 Å². The van der Waals surface area contributed by atoms with E-state index in [0.29, 0.717) is 11.8 Å². The molecule has 1 aliphatic rings. The van der Waals surface area contributed by atoms with Gasteiger partial charge in [0.1, 0.15) is 5.82 Å². The van der Waals surface area contributed by atoms with Crippen LogP contribution in [0.2, 0.25) is 0 Å². The summed E-state index contributed by atoms with van der Waals surface area (Å²) in [6, 6.07) is 0. The lowest BCUT2D eigenvalue weighted by molar-refractivity contribution is 0.212. The van der Waals surface area contributed by atoms with Crippen molar-refractivity contribution in [2.75, 3.05) is 6.61 Å². The molecule has 0 fully saturated rings. The molecular weight excluding hydrogens is 212 g/mol. The Labute approximate surface area is 103 Å². The van der Waals surface area contributed by atoms with Gasteiger partial charge in [-0.05, 0) is 43.6 Å². The minimum absolute atomic E-state index is 0.285. The lowest BCUT2D eigenvalue weighted by Crippen LogP contribution is -2.20. The van der Waals surface area contributed by atoms with Gasteiger partial charge in [-0.2, -0.15) is 0 Å². The summed E-state index contributed by atoms with van der Waals surface area (Å²) in [5.41, 5.74) is 2.46. The number of nitrogens with zero attached hydrogens (tertiary/aromatic N) is 2. The Bertz CT molecular complexity index is 374. The number of fused-ring (bicyclic) bond motifs is 1. The van der Waals surface area contributed by atoms with Crippen LogP contribution in [0.1, 0.15) is 56.1 Å². The fourth-order valence-electron chi connectivity index (χ4n) is 2.60. The SMILES string of the molecule is CCC(CC)c1ncc2c(n1)CCC(CO)C2. The van der Waals surface area contributed by atoms with Gasteiger partial charge in [0.05, 0.1) is 0 Å². The van der Waals surface area contributed by atoms with Gasteiger partial charge >= 0.3 is 0 Å². The van der Waals surface area contributed by atoms with Crippen LogP contribution in [0.4, 0.5) is 0 Å². The van der Waals surface area contributed by atoms with E-state index in [1.807, 2.05) is 6.20 Å². The van der Waals surface area contributed by atoms with Crippen LogP contribution in [-0.2, 0) is 12.8 Å². The Morgan fingerprint density at radius 2 is 2.18 bits per heavy atom. The van der Waals surface area contributed by atoms with Crippen molar-refractivity contribution < 1.29 is 5.11 Å². The van der Waals surface area contributed by atoms with Gasteiger partial charge in [-0.25, -0.2) is 9.97 Å². The van der Waals surface area contributed by atoms with Crippen molar-refractivity contribution in [3.63, 3.8) is 0 Å². The molecule has 17 heavy (non-hydrogen) atoms. The van der Waals surface area contributed by atoms with E-state index in [2.05, 4.69) is 18.8 Å². The van der Waals surface area contributed by atoms with E-state index in [0.717, 1.165) is 37.9 Å². The fourth-order valence-corrected chi connectivity index (χ4v) is 2.60. The lowest BCUT2D eigenvalue weighted by Gasteiger charge is -2.23. The Balaban J connectivity index is 2.20. The molecule has 1 aliphatic carbocycles. The molecule has 1 atom stereocenters. The zero-order valence-electron chi connectivity index (χ0n) is 10.8. The lowest BCUT2D eigenvalue weighted by atomic mass is 9.87. The highest BCUT2D eigenvalue weighted by Gasteiger charge is 2.21. The third-order valence-corrected chi connectivity index (χ3v) is 3.88. The van der Waals surface area contributed by atoms with Crippen LogP contribution in [0.3, 0.4) is 0 Å². The van der Waals surface area contributed by atoms with Gasteiger partial charge in [-0.1, -0.05) is 13.8 Å². The first kappa shape index (κ1) is 12.5. The second-order valence-electron chi connectivity index (χ2n) is 5.00. The number of hydrogen-bond acceptors (Lipinski definition) is 3. The second kappa shape index (κ2) is 5.58. The molecule has 3 nitrogen and oxygen atoms in total. The summed E-state index contributed by atoms with van der Waals surface area (Å²) >= 11 is 0. The molecule has 94 valence electrons. The van der Waals surface area contributed by atoms with Crippen LogP contribution in [-0.4, -0.2) is 21.7 Å². The molecule has 1 heterocycles. The summed E-state index contributed by atoms with van der Waals surface area (Å²) in [7, 11) is 0. The third-order valence-electron chi connectivity index (χ3n) is 3.88.